The highest BCUT2D eigenvalue weighted by atomic mass is 32.2. The zero-order chi connectivity index (χ0) is 20.2. The molecule has 8 nitrogen and oxygen atoms in total. The third kappa shape index (κ3) is 3.96. The molecule has 1 N–H and O–H groups in total. The molecule has 0 unspecified atom stereocenters. The number of carbonyl (C=O) groups excluding carboxylic acids is 1. The molecule has 150 valence electrons. The van der Waals surface area contributed by atoms with E-state index in [1.807, 2.05) is 28.8 Å². The minimum absolute atomic E-state index is 0.253. The number of aromatic nitrogens is 4. The molecule has 4 rings (SSSR count). The molecular weight excluding hydrogens is 390 g/mol. The summed E-state index contributed by atoms with van der Waals surface area (Å²) in [7, 11) is 1.65. The van der Waals surface area contributed by atoms with Crippen LogP contribution in [-0.4, -0.2) is 50.1 Å². The number of fused-ring (bicyclic) bond motifs is 1. The Balaban J connectivity index is 1.60. The van der Waals surface area contributed by atoms with E-state index in [1.165, 1.54) is 6.33 Å². The van der Waals surface area contributed by atoms with E-state index in [4.69, 9.17) is 9.47 Å². The van der Waals surface area contributed by atoms with Crippen molar-refractivity contribution < 1.29 is 14.3 Å². The molecule has 0 aliphatic carbocycles. The van der Waals surface area contributed by atoms with Crippen LogP contribution in [0.4, 0.5) is 5.82 Å². The van der Waals surface area contributed by atoms with Gasteiger partial charge in [-0.25, -0.2) is 15.0 Å². The van der Waals surface area contributed by atoms with E-state index in [2.05, 4.69) is 27.2 Å². The average Bonchev–Trinajstić information content (AvgIpc) is 3.37. The van der Waals surface area contributed by atoms with Crippen molar-refractivity contribution in [3.05, 3.63) is 60.4 Å². The molecular formula is C20H21N5O3S. The molecule has 1 amide bonds. The lowest BCUT2D eigenvalue weighted by atomic mass is 10.2. The summed E-state index contributed by atoms with van der Waals surface area (Å²) in [5.41, 5.74) is 1.60. The number of benzene rings is 1. The molecule has 1 aliphatic rings. The highest BCUT2D eigenvalue weighted by Gasteiger charge is 2.32. The van der Waals surface area contributed by atoms with Gasteiger partial charge in [-0.05, 0) is 24.0 Å². The van der Waals surface area contributed by atoms with Crippen LogP contribution in [0.25, 0.3) is 11.2 Å². The molecule has 0 bridgehead atoms. The number of anilines is 1. The maximum atomic E-state index is 12.5. The summed E-state index contributed by atoms with van der Waals surface area (Å²) >= 11 is 1.78. The standard InChI is InChI=1S/C20H21N5O3S/c1-3-29-10-14-9-15(27-2)20(28-14)25-12-23-16-17(21-11-22-18(16)25)24-19(26)13-7-5-4-6-8-13/h4-9,11-12,15,20H,3,10H2,1-2H3,(H,21,22,24,26)/t15-,20-/m1/s1. The zero-order valence-electron chi connectivity index (χ0n) is 16.1. The van der Waals surface area contributed by atoms with Crippen LogP contribution in [-0.2, 0) is 9.47 Å². The Bertz CT molecular complexity index is 1040. The molecule has 0 radical (unpaired) electrons. The predicted octanol–water partition coefficient (Wildman–Crippen LogP) is 3.26. The van der Waals surface area contributed by atoms with Gasteiger partial charge in [0.15, 0.2) is 17.0 Å². The number of rotatable bonds is 7. The van der Waals surface area contributed by atoms with E-state index < -0.39 is 6.23 Å². The van der Waals surface area contributed by atoms with Gasteiger partial charge in [-0.3, -0.25) is 9.36 Å². The van der Waals surface area contributed by atoms with E-state index in [0.717, 1.165) is 17.3 Å². The van der Waals surface area contributed by atoms with E-state index in [-0.39, 0.29) is 12.0 Å². The second kappa shape index (κ2) is 8.62. The lowest BCUT2D eigenvalue weighted by molar-refractivity contribution is -0.0175. The van der Waals surface area contributed by atoms with Crippen molar-refractivity contribution in [1.29, 1.82) is 0 Å². The lowest BCUT2D eigenvalue weighted by Gasteiger charge is -2.20. The monoisotopic (exact) mass is 411 g/mol. The number of amides is 1. The second-order valence-electron chi connectivity index (χ2n) is 6.35. The first-order valence-corrected chi connectivity index (χ1v) is 10.4. The van der Waals surface area contributed by atoms with Crippen molar-refractivity contribution in [3.63, 3.8) is 0 Å². The number of imidazole rings is 1. The lowest BCUT2D eigenvalue weighted by Crippen LogP contribution is -2.22. The number of carbonyl (C=O) groups is 1. The fourth-order valence-corrected chi connectivity index (χ4v) is 3.68. The fraction of sp³-hybridized carbons (Fsp3) is 0.300. The smallest absolute Gasteiger partial charge is 0.256 e. The van der Waals surface area contributed by atoms with Crippen LogP contribution in [0, 0.1) is 0 Å². The third-order valence-corrected chi connectivity index (χ3v) is 5.42. The van der Waals surface area contributed by atoms with E-state index in [9.17, 15) is 4.79 Å². The summed E-state index contributed by atoms with van der Waals surface area (Å²) in [5.74, 6) is 2.76. The van der Waals surface area contributed by atoms with Crippen LogP contribution in [0.15, 0.2) is 54.8 Å². The van der Waals surface area contributed by atoms with Crippen LogP contribution in [0.1, 0.15) is 23.5 Å². The molecule has 1 aromatic carbocycles. The van der Waals surface area contributed by atoms with Gasteiger partial charge in [-0.15, -0.1) is 0 Å². The van der Waals surface area contributed by atoms with Gasteiger partial charge in [-0.1, -0.05) is 25.1 Å². The summed E-state index contributed by atoms with van der Waals surface area (Å²) in [6, 6.07) is 8.95. The van der Waals surface area contributed by atoms with E-state index in [0.29, 0.717) is 22.5 Å². The summed E-state index contributed by atoms with van der Waals surface area (Å²) in [6.45, 7) is 2.11. The van der Waals surface area contributed by atoms with E-state index >= 15 is 0 Å². The molecule has 1 aliphatic heterocycles. The maximum absolute atomic E-state index is 12.5. The fourth-order valence-electron chi connectivity index (χ4n) is 3.11. The summed E-state index contributed by atoms with van der Waals surface area (Å²) in [6.07, 6.45) is 4.36. The SMILES string of the molecule is CCSCC1=C[C@@H](OC)[C@H](n2cnc3c(NC(=O)c4ccccc4)ncnc32)O1. The number of thioether (sulfide) groups is 1. The zero-order valence-corrected chi connectivity index (χ0v) is 16.9. The van der Waals surface area contributed by atoms with Crippen molar-refractivity contribution in [2.75, 3.05) is 23.9 Å². The largest absolute Gasteiger partial charge is 0.471 e. The summed E-state index contributed by atoms with van der Waals surface area (Å²) in [5, 5.41) is 2.81. The highest BCUT2D eigenvalue weighted by molar-refractivity contribution is 7.99. The van der Waals surface area contributed by atoms with Crippen LogP contribution in [0.3, 0.4) is 0 Å². The molecule has 2 aromatic heterocycles. The van der Waals surface area contributed by atoms with Crippen molar-refractivity contribution in [1.82, 2.24) is 19.5 Å². The number of nitrogens with zero attached hydrogens (tertiary/aromatic N) is 4. The average molecular weight is 411 g/mol. The molecule has 3 heterocycles. The summed E-state index contributed by atoms with van der Waals surface area (Å²) < 4.78 is 13.5. The molecule has 0 fully saturated rings. The minimum atomic E-state index is -0.412. The van der Waals surface area contributed by atoms with Gasteiger partial charge in [0.2, 0.25) is 6.23 Å². The van der Waals surface area contributed by atoms with Gasteiger partial charge in [0, 0.05) is 12.7 Å². The molecule has 9 heteroatoms. The van der Waals surface area contributed by atoms with Gasteiger partial charge in [-0.2, -0.15) is 11.8 Å². The third-order valence-electron chi connectivity index (χ3n) is 4.52. The van der Waals surface area contributed by atoms with Gasteiger partial charge < -0.3 is 14.8 Å². The first-order valence-electron chi connectivity index (χ1n) is 9.23. The first kappa shape index (κ1) is 19.4. The van der Waals surface area contributed by atoms with Gasteiger partial charge in [0.1, 0.15) is 24.5 Å². The second-order valence-corrected chi connectivity index (χ2v) is 7.62. The van der Waals surface area contributed by atoms with Crippen molar-refractivity contribution >= 4 is 34.7 Å². The van der Waals surface area contributed by atoms with Crippen LogP contribution >= 0.6 is 11.8 Å². The normalized spacial score (nSPS) is 18.5. The van der Waals surface area contributed by atoms with Crippen molar-refractivity contribution in [2.24, 2.45) is 0 Å². The number of hydrogen-bond donors (Lipinski definition) is 1. The number of ether oxygens (including phenoxy) is 2. The Morgan fingerprint density at radius 3 is 2.86 bits per heavy atom. The Kier molecular flexibility index (Phi) is 5.77. The number of nitrogens with one attached hydrogen (secondary N) is 1. The van der Waals surface area contributed by atoms with Crippen molar-refractivity contribution in [2.45, 2.75) is 19.3 Å². The number of hydrogen-bond acceptors (Lipinski definition) is 7. The van der Waals surface area contributed by atoms with Crippen molar-refractivity contribution in [3.8, 4) is 0 Å². The Hall–Kier alpha value is -2.91. The molecule has 3 aromatic rings. The Labute approximate surface area is 172 Å². The minimum Gasteiger partial charge on any atom is -0.471 e. The molecule has 0 saturated carbocycles. The van der Waals surface area contributed by atoms with Crippen LogP contribution in [0.5, 0.6) is 0 Å². The first-order chi connectivity index (χ1) is 14.2. The Morgan fingerprint density at radius 1 is 1.28 bits per heavy atom. The van der Waals surface area contributed by atoms with E-state index in [1.54, 1.807) is 37.3 Å². The molecule has 0 saturated heterocycles. The molecule has 0 spiro atoms. The maximum Gasteiger partial charge on any atom is 0.256 e. The van der Waals surface area contributed by atoms with Gasteiger partial charge in [0.25, 0.3) is 5.91 Å². The summed E-state index contributed by atoms with van der Waals surface area (Å²) in [4.78, 5) is 25.5. The molecule has 2 atom stereocenters. The Morgan fingerprint density at radius 2 is 2.10 bits per heavy atom. The van der Waals surface area contributed by atoms with Crippen LogP contribution < -0.4 is 5.32 Å². The topological polar surface area (TPSA) is 91.2 Å². The van der Waals surface area contributed by atoms with Gasteiger partial charge in [0.05, 0.1) is 5.75 Å². The number of methoxy groups -OCH3 is 1. The predicted molar refractivity (Wildman–Crippen MR) is 112 cm³/mol. The molecule has 29 heavy (non-hydrogen) atoms. The highest BCUT2D eigenvalue weighted by Crippen LogP contribution is 2.33. The van der Waals surface area contributed by atoms with Gasteiger partial charge >= 0.3 is 0 Å². The quantitative estimate of drug-likeness (QED) is 0.638. The van der Waals surface area contributed by atoms with Crippen LogP contribution in [0.2, 0.25) is 0 Å².